The van der Waals surface area contributed by atoms with Gasteiger partial charge in [0.15, 0.2) is 0 Å². The second-order valence-corrected chi connectivity index (χ2v) is 2.97. The largest absolute Gasteiger partial charge is 0.481 e. The van der Waals surface area contributed by atoms with Crippen LogP contribution in [-0.2, 0) is 9.59 Å². The van der Waals surface area contributed by atoms with Crippen molar-refractivity contribution in [3.05, 3.63) is 0 Å². The van der Waals surface area contributed by atoms with Crippen LogP contribution in [0.15, 0.2) is 0 Å². The van der Waals surface area contributed by atoms with E-state index in [1.165, 1.54) is 19.1 Å². The van der Waals surface area contributed by atoms with E-state index in [0.29, 0.717) is 0 Å². The Bertz CT molecular complexity index is 265. The van der Waals surface area contributed by atoms with Gasteiger partial charge in [0.1, 0.15) is 6.04 Å². The molecule has 0 spiro atoms. The summed E-state index contributed by atoms with van der Waals surface area (Å²) in [6.45, 7) is 0. The monoisotopic (exact) mass is 219 g/mol. The molecule has 1 atom stereocenters. The molecule has 0 fully saturated rings. The topological polar surface area (TPSA) is 119 Å². The fraction of sp³-hybridized carbons (Fsp3) is 0.571. The number of hydrazine groups is 1. The number of carbonyl (C=O) groups excluding carboxylic acids is 1. The first-order chi connectivity index (χ1) is 6.82. The van der Waals surface area contributed by atoms with Crippen LogP contribution in [0, 0.1) is 0 Å². The van der Waals surface area contributed by atoms with E-state index in [1.807, 2.05) is 5.32 Å². The summed E-state index contributed by atoms with van der Waals surface area (Å²) in [5.41, 5.74) is 2.23. The van der Waals surface area contributed by atoms with Crippen molar-refractivity contribution >= 4 is 18.0 Å². The molecule has 0 aromatic heterocycles. The molecule has 0 saturated heterocycles. The number of hydrogen-bond donors (Lipinski definition) is 4. The van der Waals surface area contributed by atoms with Gasteiger partial charge in [0.25, 0.3) is 0 Å². The highest BCUT2D eigenvalue weighted by atomic mass is 16.4. The third-order valence-electron chi connectivity index (χ3n) is 1.31. The average Bonchev–Trinajstić information content (AvgIpc) is 1.99. The lowest BCUT2D eigenvalue weighted by Gasteiger charge is -2.16. The van der Waals surface area contributed by atoms with Crippen molar-refractivity contribution in [1.82, 2.24) is 15.8 Å². The molecule has 0 unspecified atom stereocenters. The lowest BCUT2D eigenvalue weighted by atomic mass is 10.2. The van der Waals surface area contributed by atoms with E-state index in [-0.39, 0.29) is 0 Å². The number of rotatable bonds is 5. The quantitative estimate of drug-likeness (QED) is 0.426. The molecule has 0 aliphatic heterocycles. The molecule has 15 heavy (non-hydrogen) atoms. The lowest BCUT2D eigenvalue weighted by molar-refractivity contribution is -0.145. The molecular formula is C7H13N3O5. The summed E-state index contributed by atoms with van der Waals surface area (Å²) < 4.78 is 0. The molecule has 0 bridgehead atoms. The van der Waals surface area contributed by atoms with Crippen LogP contribution in [0.25, 0.3) is 0 Å². The second kappa shape index (κ2) is 5.81. The normalized spacial score (nSPS) is 11.9. The minimum absolute atomic E-state index is 0.670. The average molecular weight is 219 g/mol. The number of carboxylic acid groups (broad SMARTS) is 2. The minimum Gasteiger partial charge on any atom is -0.481 e. The van der Waals surface area contributed by atoms with E-state index in [1.54, 1.807) is 0 Å². The maximum absolute atomic E-state index is 11.0. The van der Waals surface area contributed by atoms with Crippen LogP contribution in [0.5, 0.6) is 0 Å². The predicted octanol–water partition coefficient (Wildman–Crippen LogP) is -1.31. The van der Waals surface area contributed by atoms with Gasteiger partial charge in [-0.3, -0.25) is 10.2 Å². The SMILES string of the molecule is CN(C)NC(=O)N[C@@H](CC(=O)O)C(=O)O. The fourth-order valence-corrected chi connectivity index (χ4v) is 0.768. The Morgan fingerprint density at radius 3 is 2.13 bits per heavy atom. The maximum atomic E-state index is 11.0. The Kier molecular flexibility index (Phi) is 5.10. The molecule has 8 nitrogen and oxygen atoms in total. The lowest BCUT2D eigenvalue weighted by Crippen LogP contribution is -2.50. The van der Waals surface area contributed by atoms with Gasteiger partial charge in [-0.1, -0.05) is 0 Å². The van der Waals surface area contributed by atoms with Gasteiger partial charge < -0.3 is 15.5 Å². The van der Waals surface area contributed by atoms with Crippen molar-refractivity contribution in [2.45, 2.75) is 12.5 Å². The van der Waals surface area contributed by atoms with E-state index >= 15 is 0 Å². The summed E-state index contributed by atoms with van der Waals surface area (Å²) in [6, 6.07) is -2.21. The summed E-state index contributed by atoms with van der Waals surface area (Å²) >= 11 is 0. The Hall–Kier alpha value is -1.83. The van der Waals surface area contributed by atoms with Gasteiger partial charge in [-0.2, -0.15) is 0 Å². The number of nitrogens with one attached hydrogen (secondary N) is 2. The van der Waals surface area contributed by atoms with Crippen LogP contribution in [0.3, 0.4) is 0 Å². The van der Waals surface area contributed by atoms with Crippen LogP contribution in [0.2, 0.25) is 0 Å². The van der Waals surface area contributed by atoms with Crippen molar-refractivity contribution in [2.75, 3.05) is 14.1 Å². The van der Waals surface area contributed by atoms with Crippen LogP contribution < -0.4 is 10.7 Å². The molecule has 0 heterocycles. The van der Waals surface area contributed by atoms with Gasteiger partial charge in [-0.25, -0.2) is 14.6 Å². The third kappa shape index (κ3) is 6.27. The van der Waals surface area contributed by atoms with Gasteiger partial charge in [0.2, 0.25) is 0 Å². The second-order valence-electron chi connectivity index (χ2n) is 2.97. The Labute approximate surface area is 85.8 Å². The summed E-state index contributed by atoms with van der Waals surface area (Å²) in [5, 5.41) is 20.3. The molecule has 0 aromatic rings. The minimum atomic E-state index is -1.44. The smallest absolute Gasteiger partial charge is 0.330 e. The third-order valence-corrected chi connectivity index (χ3v) is 1.31. The first kappa shape index (κ1) is 13.2. The van der Waals surface area contributed by atoms with E-state index in [2.05, 4.69) is 5.43 Å². The molecule has 0 aromatic carbocycles. The van der Waals surface area contributed by atoms with Crippen LogP contribution in [0.1, 0.15) is 6.42 Å². The molecular weight excluding hydrogens is 206 g/mol. The molecule has 2 amide bonds. The van der Waals surface area contributed by atoms with E-state index in [4.69, 9.17) is 10.2 Å². The summed E-state index contributed by atoms with van der Waals surface area (Å²) in [5.74, 6) is -2.70. The Morgan fingerprint density at radius 1 is 1.27 bits per heavy atom. The fourth-order valence-electron chi connectivity index (χ4n) is 0.768. The summed E-state index contributed by atoms with van der Waals surface area (Å²) in [6.07, 6.45) is -0.670. The molecule has 86 valence electrons. The molecule has 0 radical (unpaired) electrons. The number of amides is 2. The van der Waals surface area contributed by atoms with Gasteiger partial charge in [0, 0.05) is 14.1 Å². The van der Waals surface area contributed by atoms with Crippen molar-refractivity contribution in [3.8, 4) is 0 Å². The number of nitrogens with zero attached hydrogens (tertiary/aromatic N) is 1. The molecule has 0 rings (SSSR count). The van der Waals surface area contributed by atoms with Crippen LogP contribution >= 0.6 is 0 Å². The maximum Gasteiger partial charge on any atom is 0.330 e. The van der Waals surface area contributed by atoms with Gasteiger partial charge in [0.05, 0.1) is 6.42 Å². The van der Waals surface area contributed by atoms with Crippen molar-refractivity contribution < 1.29 is 24.6 Å². The number of hydrogen-bond acceptors (Lipinski definition) is 4. The molecule has 0 saturated carbocycles. The van der Waals surface area contributed by atoms with E-state index in [9.17, 15) is 14.4 Å². The highest BCUT2D eigenvalue weighted by Crippen LogP contribution is 1.92. The van der Waals surface area contributed by atoms with Crippen LogP contribution in [-0.4, -0.2) is 53.3 Å². The number of carboxylic acids is 2. The first-order valence-electron chi connectivity index (χ1n) is 4.02. The van der Waals surface area contributed by atoms with Gasteiger partial charge >= 0.3 is 18.0 Å². The van der Waals surface area contributed by atoms with Gasteiger partial charge in [-0.05, 0) is 0 Å². The van der Waals surface area contributed by atoms with E-state index in [0.717, 1.165) is 0 Å². The Balaban J connectivity index is 4.22. The molecule has 8 heteroatoms. The predicted molar refractivity (Wildman–Crippen MR) is 49.0 cm³/mol. The van der Waals surface area contributed by atoms with E-state index < -0.39 is 30.4 Å². The van der Waals surface area contributed by atoms with Crippen molar-refractivity contribution in [2.24, 2.45) is 0 Å². The number of aliphatic carboxylic acids is 2. The zero-order chi connectivity index (χ0) is 12.0. The zero-order valence-corrected chi connectivity index (χ0v) is 8.35. The van der Waals surface area contributed by atoms with Crippen molar-refractivity contribution in [1.29, 1.82) is 0 Å². The van der Waals surface area contributed by atoms with Gasteiger partial charge in [-0.15, -0.1) is 0 Å². The molecule has 0 aliphatic rings. The number of urea groups is 1. The summed E-state index contributed by atoms with van der Waals surface area (Å²) in [4.78, 5) is 31.8. The van der Waals surface area contributed by atoms with Crippen molar-refractivity contribution in [3.63, 3.8) is 0 Å². The summed E-state index contributed by atoms with van der Waals surface area (Å²) in [7, 11) is 3.07. The standard InChI is InChI=1S/C7H13N3O5/c1-10(2)9-7(15)8-4(6(13)14)3-5(11)12/h4H,3H2,1-2H3,(H,11,12)(H,13,14)(H2,8,9,15)/t4-/m0/s1. The molecule has 4 N–H and O–H groups in total. The zero-order valence-electron chi connectivity index (χ0n) is 8.35. The highest BCUT2D eigenvalue weighted by molar-refractivity contribution is 5.85. The molecule has 0 aliphatic carbocycles. The number of carbonyl (C=O) groups is 3. The van der Waals surface area contributed by atoms with Crippen LogP contribution in [0.4, 0.5) is 4.79 Å². The highest BCUT2D eigenvalue weighted by Gasteiger charge is 2.22. The first-order valence-corrected chi connectivity index (χ1v) is 4.02. The Morgan fingerprint density at radius 2 is 1.80 bits per heavy atom.